The Kier molecular flexibility index (Phi) is 67.4. The van der Waals surface area contributed by atoms with Crippen LogP contribution in [-0.2, 0) is 14.3 Å². The number of aliphatic hydroxyl groups excluding tert-OH is 2. The summed E-state index contributed by atoms with van der Waals surface area (Å²) in [6, 6.07) is -0.635. The van der Waals surface area contributed by atoms with E-state index in [0.29, 0.717) is 19.4 Å². The highest BCUT2D eigenvalue weighted by Gasteiger charge is 2.18. The molecule has 0 fully saturated rings. The maximum Gasteiger partial charge on any atom is 0.305 e. The van der Waals surface area contributed by atoms with Gasteiger partial charge in [0, 0.05) is 12.8 Å². The van der Waals surface area contributed by atoms with Gasteiger partial charge in [0.25, 0.3) is 0 Å². The predicted octanol–water partition coefficient (Wildman–Crippen LogP) is 23.3. The summed E-state index contributed by atoms with van der Waals surface area (Å²) in [6.07, 6.45) is 90.4. The van der Waals surface area contributed by atoms with Crippen LogP contribution in [-0.4, -0.2) is 47.4 Å². The second-order valence-electron chi connectivity index (χ2n) is 24.6. The minimum absolute atomic E-state index is 0.00399. The predicted molar refractivity (Wildman–Crippen MR) is 352 cm³/mol. The Labute approximate surface area is 499 Å². The van der Waals surface area contributed by atoms with E-state index in [2.05, 4.69) is 55.6 Å². The summed E-state index contributed by atoms with van der Waals surface area (Å²) in [7, 11) is 0. The zero-order chi connectivity index (χ0) is 57.8. The Morgan fingerprint density at radius 3 is 0.975 bits per heavy atom. The summed E-state index contributed by atoms with van der Waals surface area (Å²) in [4.78, 5) is 24.6. The van der Waals surface area contributed by atoms with Crippen molar-refractivity contribution in [3.05, 3.63) is 48.6 Å². The highest BCUT2D eigenvalue weighted by molar-refractivity contribution is 5.76. The van der Waals surface area contributed by atoms with Crippen molar-refractivity contribution >= 4 is 11.9 Å². The highest BCUT2D eigenvalue weighted by Crippen LogP contribution is 2.18. The molecule has 0 radical (unpaired) electrons. The van der Waals surface area contributed by atoms with Gasteiger partial charge in [-0.2, -0.15) is 0 Å². The first-order valence-corrected chi connectivity index (χ1v) is 35.9. The standard InChI is InChI=1S/C74H139NO5/c1-3-5-7-9-11-13-15-17-19-21-23-24-28-31-34-38-42-46-50-54-58-62-66-72(77)71(70-76)75-73(78)67-63-59-55-51-47-43-39-35-32-29-26-25-27-30-33-37-41-45-49-53-57-61-65-69-80-74(79)68-64-60-56-52-48-44-40-36-22-20-18-16-14-12-10-8-6-4-2/h14,16,20,22,29,32,62,66,71-72,76-77H,3-13,15,17-19,21,23-28,30-31,33-61,63-65,67-70H2,1-2H3,(H,75,78)/b16-14-,22-20-,32-29-,66-62+. The lowest BCUT2D eigenvalue weighted by molar-refractivity contribution is -0.143. The van der Waals surface area contributed by atoms with Crippen LogP contribution >= 0.6 is 0 Å². The van der Waals surface area contributed by atoms with Crippen molar-refractivity contribution < 1.29 is 24.5 Å². The van der Waals surface area contributed by atoms with Crippen LogP contribution in [0.5, 0.6) is 0 Å². The van der Waals surface area contributed by atoms with Crippen LogP contribution in [0.2, 0.25) is 0 Å². The minimum Gasteiger partial charge on any atom is -0.466 e. The molecule has 2 atom stereocenters. The summed E-state index contributed by atoms with van der Waals surface area (Å²) in [5.74, 6) is -0.0672. The van der Waals surface area contributed by atoms with Crippen LogP contribution in [0.3, 0.4) is 0 Å². The zero-order valence-electron chi connectivity index (χ0n) is 53.8. The van der Waals surface area contributed by atoms with Crippen molar-refractivity contribution in [2.45, 2.75) is 398 Å². The summed E-state index contributed by atoms with van der Waals surface area (Å²) >= 11 is 0. The van der Waals surface area contributed by atoms with Gasteiger partial charge in [-0.3, -0.25) is 9.59 Å². The van der Waals surface area contributed by atoms with Crippen molar-refractivity contribution in [2.24, 2.45) is 0 Å². The molecule has 0 saturated carbocycles. The third-order valence-corrected chi connectivity index (χ3v) is 16.6. The second kappa shape index (κ2) is 69.3. The molecule has 1 amide bonds. The lowest BCUT2D eigenvalue weighted by Crippen LogP contribution is -2.45. The smallest absolute Gasteiger partial charge is 0.305 e. The Balaban J connectivity index is 3.44. The monoisotopic (exact) mass is 1120 g/mol. The number of esters is 1. The molecular formula is C74H139NO5. The SMILES string of the molecule is CCCCCC/C=C\C/C=C\CCCCCCCCCC(=O)OCCCCCCCCCCCCCC/C=C\CCCCCCCCCC(=O)NC(CO)C(O)/C=C/CCCCCCCCCCCCCCCCCCCCCC. The van der Waals surface area contributed by atoms with Gasteiger partial charge in [0.2, 0.25) is 5.91 Å². The van der Waals surface area contributed by atoms with Gasteiger partial charge in [0.1, 0.15) is 0 Å². The lowest BCUT2D eigenvalue weighted by atomic mass is 10.0. The number of amides is 1. The molecule has 0 rings (SSSR count). The molecule has 0 aliphatic heterocycles. The fourth-order valence-electron chi connectivity index (χ4n) is 11.1. The van der Waals surface area contributed by atoms with E-state index in [-0.39, 0.29) is 18.5 Å². The molecule has 6 nitrogen and oxygen atoms in total. The van der Waals surface area contributed by atoms with Crippen molar-refractivity contribution in [2.75, 3.05) is 13.2 Å². The lowest BCUT2D eigenvalue weighted by Gasteiger charge is -2.20. The number of ether oxygens (including phenoxy) is 1. The number of allylic oxidation sites excluding steroid dienone is 7. The number of nitrogens with one attached hydrogen (secondary N) is 1. The third kappa shape index (κ3) is 65.0. The molecule has 0 spiro atoms. The highest BCUT2D eigenvalue weighted by atomic mass is 16.5. The summed E-state index contributed by atoms with van der Waals surface area (Å²) in [5.41, 5.74) is 0. The van der Waals surface area contributed by atoms with Crippen LogP contribution in [0.15, 0.2) is 48.6 Å². The molecule has 3 N–H and O–H groups in total. The normalized spacial score (nSPS) is 12.8. The van der Waals surface area contributed by atoms with Crippen LogP contribution in [0, 0.1) is 0 Å². The van der Waals surface area contributed by atoms with E-state index in [1.807, 2.05) is 6.08 Å². The number of rotatable bonds is 67. The molecule has 2 unspecified atom stereocenters. The fourth-order valence-corrected chi connectivity index (χ4v) is 11.1. The van der Waals surface area contributed by atoms with Gasteiger partial charge in [-0.15, -0.1) is 0 Å². The maximum absolute atomic E-state index is 12.5. The van der Waals surface area contributed by atoms with Crippen LogP contribution in [0.25, 0.3) is 0 Å². The Hall–Kier alpha value is -2.18. The maximum atomic E-state index is 12.5. The van der Waals surface area contributed by atoms with Crippen LogP contribution in [0.4, 0.5) is 0 Å². The average Bonchev–Trinajstić information content (AvgIpc) is 3.46. The first kappa shape index (κ1) is 77.8. The van der Waals surface area contributed by atoms with Gasteiger partial charge in [0.05, 0.1) is 25.4 Å². The first-order chi connectivity index (χ1) is 39.5. The number of aliphatic hydroxyl groups is 2. The molecule has 80 heavy (non-hydrogen) atoms. The molecule has 0 heterocycles. The third-order valence-electron chi connectivity index (χ3n) is 16.6. The largest absolute Gasteiger partial charge is 0.466 e. The zero-order valence-corrected chi connectivity index (χ0v) is 53.8. The Morgan fingerprint density at radius 2 is 0.625 bits per heavy atom. The summed E-state index contributed by atoms with van der Waals surface area (Å²) < 4.78 is 5.50. The first-order valence-electron chi connectivity index (χ1n) is 35.9. The summed E-state index contributed by atoms with van der Waals surface area (Å²) in [5, 5.41) is 23.3. The van der Waals surface area contributed by atoms with E-state index in [9.17, 15) is 19.8 Å². The molecule has 0 saturated heterocycles. The molecular weight excluding hydrogens is 983 g/mol. The molecule has 0 bridgehead atoms. The Morgan fingerprint density at radius 1 is 0.350 bits per heavy atom. The number of carbonyl (C=O) groups is 2. The summed E-state index contributed by atoms with van der Waals surface area (Å²) in [6.45, 7) is 4.91. The minimum atomic E-state index is -0.851. The molecule has 470 valence electrons. The number of hydrogen-bond acceptors (Lipinski definition) is 5. The van der Waals surface area contributed by atoms with Crippen molar-refractivity contribution in [1.29, 1.82) is 0 Å². The molecule has 0 aromatic carbocycles. The van der Waals surface area contributed by atoms with Crippen LogP contribution in [0.1, 0.15) is 386 Å². The fraction of sp³-hybridized carbons (Fsp3) is 0.865. The average molecular weight is 1120 g/mol. The Bertz CT molecular complexity index is 1340. The molecule has 6 heteroatoms. The van der Waals surface area contributed by atoms with E-state index in [1.165, 1.54) is 302 Å². The van der Waals surface area contributed by atoms with Gasteiger partial charge < -0.3 is 20.3 Å². The molecule has 0 aromatic heterocycles. The molecule has 0 aliphatic rings. The molecule has 0 aliphatic carbocycles. The van der Waals surface area contributed by atoms with Crippen molar-refractivity contribution in [3.8, 4) is 0 Å². The van der Waals surface area contributed by atoms with Crippen LogP contribution < -0.4 is 5.32 Å². The number of hydrogen-bond donors (Lipinski definition) is 3. The van der Waals surface area contributed by atoms with Gasteiger partial charge in [0.15, 0.2) is 0 Å². The van der Waals surface area contributed by atoms with Crippen molar-refractivity contribution in [3.63, 3.8) is 0 Å². The van der Waals surface area contributed by atoms with Gasteiger partial charge in [-0.1, -0.05) is 332 Å². The molecule has 0 aromatic rings. The van der Waals surface area contributed by atoms with Crippen molar-refractivity contribution in [1.82, 2.24) is 5.32 Å². The van der Waals surface area contributed by atoms with E-state index < -0.39 is 12.1 Å². The topological polar surface area (TPSA) is 95.9 Å². The quantitative estimate of drug-likeness (QED) is 0.0320. The van der Waals surface area contributed by atoms with Gasteiger partial charge >= 0.3 is 5.97 Å². The number of carbonyl (C=O) groups excluding carboxylic acids is 2. The van der Waals surface area contributed by atoms with Gasteiger partial charge in [-0.05, 0) is 89.9 Å². The van der Waals surface area contributed by atoms with E-state index in [1.54, 1.807) is 6.08 Å². The second-order valence-corrected chi connectivity index (χ2v) is 24.6. The van der Waals surface area contributed by atoms with E-state index >= 15 is 0 Å². The van der Waals surface area contributed by atoms with Gasteiger partial charge in [-0.25, -0.2) is 0 Å². The van der Waals surface area contributed by atoms with E-state index in [4.69, 9.17) is 4.74 Å². The number of unbranched alkanes of at least 4 members (excludes halogenated alkanes) is 50. The van der Waals surface area contributed by atoms with E-state index in [0.717, 1.165) is 57.8 Å².